The lowest BCUT2D eigenvalue weighted by molar-refractivity contribution is -0.122. The van der Waals surface area contributed by atoms with E-state index in [9.17, 15) is 17.6 Å². The van der Waals surface area contributed by atoms with Gasteiger partial charge in [0.2, 0.25) is 15.9 Å². The fourth-order valence-electron chi connectivity index (χ4n) is 2.38. The van der Waals surface area contributed by atoms with Crippen LogP contribution in [0.15, 0.2) is 53.4 Å². The highest BCUT2D eigenvalue weighted by Crippen LogP contribution is 2.21. The lowest BCUT2D eigenvalue weighted by Gasteiger charge is -2.23. The van der Waals surface area contributed by atoms with Crippen molar-refractivity contribution in [2.24, 2.45) is 0 Å². The second-order valence-corrected chi connectivity index (χ2v) is 8.57. The molecule has 0 heterocycles. The molecule has 2 aromatic carbocycles. The topological polar surface area (TPSA) is 66.5 Å². The number of halogens is 2. The van der Waals surface area contributed by atoms with Crippen LogP contribution in [-0.4, -0.2) is 31.2 Å². The van der Waals surface area contributed by atoms with Crippen LogP contribution in [0.4, 0.5) is 4.39 Å². The summed E-state index contributed by atoms with van der Waals surface area (Å²) in [5.41, 5.74) is 0.186. The molecule has 2 rings (SSSR count). The Morgan fingerprint density at radius 2 is 1.81 bits per heavy atom. The van der Waals surface area contributed by atoms with Crippen LogP contribution in [0.25, 0.3) is 0 Å². The molecule has 146 valence electrons. The van der Waals surface area contributed by atoms with Crippen molar-refractivity contribution < 1.29 is 17.6 Å². The standard InChI is InChI=1S/C19H22ClFN2O3S/c1-3-14(2)22-19(24)13-23(12-15-6-4-5-7-18(15)21)27(25,26)17-10-8-16(20)9-11-17/h4-11,14H,3,12-13H2,1-2H3,(H,22,24)/t14-/m1/s1. The van der Waals surface area contributed by atoms with E-state index in [-0.39, 0.29) is 23.0 Å². The molecular weight excluding hydrogens is 391 g/mol. The number of hydrogen-bond donors (Lipinski definition) is 1. The van der Waals surface area contributed by atoms with Gasteiger partial charge in [-0.05, 0) is 43.7 Å². The zero-order chi connectivity index (χ0) is 20.0. The highest BCUT2D eigenvalue weighted by molar-refractivity contribution is 7.89. The molecule has 0 aliphatic rings. The van der Waals surface area contributed by atoms with Gasteiger partial charge in [0, 0.05) is 23.2 Å². The smallest absolute Gasteiger partial charge is 0.243 e. The minimum Gasteiger partial charge on any atom is -0.353 e. The highest BCUT2D eigenvalue weighted by atomic mass is 35.5. The first kappa shape index (κ1) is 21.3. The van der Waals surface area contributed by atoms with Gasteiger partial charge in [-0.15, -0.1) is 0 Å². The van der Waals surface area contributed by atoms with Crippen molar-refractivity contribution in [3.8, 4) is 0 Å². The molecule has 0 saturated carbocycles. The quantitative estimate of drug-likeness (QED) is 0.720. The van der Waals surface area contributed by atoms with E-state index < -0.39 is 28.3 Å². The van der Waals surface area contributed by atoms with E-state index in [0.717, 1.165) is 4.31 Å². The summed E-state index contributed by atoms with van der Waals surface area (Å²) in [6.45, 7) is 3.06. The van der Waals surface area contributed by atoms with Gasteiger partial charge in [0.05, 0.1) is 11.4 Å². The number of rotatable bonds is 8. The predicted octanol–water partition coefficient (Wildman–Crippen LogP) is 3.58. The van der Waals surface area contributed by atoms with Crippen LogP contribution in [0.2, 0.25) is 5.02 Å². The first-order valence-corrected chi connectivity index (χ1v) is 10.3. The molecule has 0 bridgehead atoms. The number of amides is 1. The lowest BCUT2D eigenvalue weighted by atomic mass is 10.2. The minimum absolute atomic E-state index is 0.0143. The Bertz CT molecular complexity index is 888. The van der Waals surface area contributed by atoms with Gasteiger partial charge in [-0.1, -0.05) is 36.7 Å². The molecule has 0 aliphatic heterocycles. The zero-order valence-corrected chi connectivity index (χ0v) is 16.7. The zero-order valence-electron chi connectivity index (χ0n) is 15.2. The number of nitrogens with one attached hydrogen (secondary N) is 1. The second-order valence-electron chi connectivity index (χ2n) is 6.20. The maximum atomic E-state index is 14.1. The van der Waals surface area contributed by atoms with Gasteiger partial charge in [0.25, 0.3) is 0 Å². The van der Waals surface area contributed by atoms with Gasteiger partial charge in [-0.25, -0.2) is 12.8 Å². The Kier molecular flexibility index (Phi) is 7.35. The summed E-state index contributed by atoms with van der Waals surface area (Å²) in [5.74, 6) is -0.977. The van der Waals surface area contributed by atoms with Crippen LogP contribution in [0.3, 0.4) is 0 Å². The Labute approximate surface area is 164 Å². The Morgan fingerprint density at radius 3 is 2.41 bits per heavy atom. The minimum atomic E-state index is -4.02. The van der Waals surface area contributed by atoms with E-state index in [0.29, 0.717) is 11.4 Å². The van der Waals surface area contributed by atoms with Gasteiger partial charge in [-0.3, -0.25) is 4.79 Å². The number of sulfonamides is 1. The van der Waals surface area contributed by atoms with Crippen molar-refractivity contribution in [3.05, 3.63) is 64.9 Å². The molecule has 0 saturated heterocycles. The van der Waals surface area contributed by atoms with Gasteiger partial charge < -0.3 is 5.32 Å². The van der Waals surface area contributed by atoms with Crippen molar-refractivity contribution in [1.82, 2.24) is 9.62 Å². The highest BCUT2D eigenvalue weighted by Gasteiger charge is 2.28. The average Bonchev–Trinajstić information content (AvgIpc) is 2.63. The molecule has 1 atom stereocenters. The predicted molar refractivity (Wildman–Crippen MR) is 103 cm³/mol. The third-order valence-corrected chi connectivity index (χ3v) is 6.15. The van der Waals surface area contributed by atoms with Crippen LogP contribution >= 0.6 is 11.6 Å². The molecule has 8 heteroatoms. The molecule has 1 N–H and O–H groups in total. The molecule has 1 amide bonds. The van der Waals surface area contributed by atoms with Crippen LogP contribution in [0.1, 0.15) is 25.8 Å². The second kappa shape index (κ2) is 9.30. The molecule has 2 aromatic rings. The molecular formula is C19H22ClFN2O3S. The van der Waals surface area contributed by atoms with Crippen molar-refractivity contribution in [2.45, 2.75) is 37.8 Å². The average molecular weight is 413 g/mol. The Morgan fingerprint density at radius 1 is 1.19 bits per heavy atom. The lowest BCUT2D eigenvalue weighted by Crippen LogP contribution is -2.43. The van der Waals surface area contributed by atoms with Gasteiger partial charge in [0.15, 0.2) is 0 Å². The monoisotopic (exact) mass is 412 g/mol. The fourth-order valence-corrected chi connectivity index (χ4v) is 3.88. The largest absolute Gasteiger partial charge is 0.353 e. The summed E-state index contributed by atoms with van der Waals surface area (Å²) < 4.78 is 41.1. The first-order chi connectivity index (χ1) is 12.7. The number of carbonyl (C=O) groups is 1. The van der Waals surface area contributed by atoms with Crippen molar-refractivity contribution in [1.29, 1.82) is 0 Å². The molecule has 0 spiro atoms. The van der Waals surface area contributed by atoms with Gasteiger partial charge in [0.1, 0.15) is 5.82 Å². The molecule has 0 aromatic heterocycles. The molecule has 0 aliphatic carbocycles. The van der Waals surface area contributed by atoms with E-state index in [4.69, 9.17) is 11.6 Å². The Hall–Kier alpha value is -1.96. The third-order valence-electron chi connectivity index (χ3n) is 4.10. The van der Waals surface area contributed by atoms with Crippen molar-refractivity contribution >= 4 is 27.5 Å². The SMILES string of the molecule is CC[C@@H](C)NC(=O)CN(Cc1ccccc1F)S(=O)(=O)c1ccc(Cl)cc1. The summed E-state index contributed by atoms with van der Waals surface area (Å²) in [5, 5.41) is 3.13. The van der Waals surface area contributed by atoms with Crippen LogP contribution < -0.4 is 5.32 Å². The first-order valence-electron chi connectivity index (χ1n) is 8.52. The third kappa shape index (κ3) is 5.76. The summed E-state index contributed by atoms with van der Waals surface area (Å²) in [7, 11) is -4.02. The number of benzene rings is 2. The van der Waals surface area contributed by atoms with Crippen molar-refractivity contribution in [3.63, 3.8) is 0 Å². The Balaban J connectivity index is 2.34. The maximum absolute atomic E-state index is 14.1. The molecule has 0 radical (unpaired) electrons. The van der Waals surface area contributed by atoms with Gasteiger partial charge >= 0.3 is 0 Å². The molecule has 5 nitrogen and oxygen atoms in total. The van der Waals surface area contributed by atoms with Gasteiger partial charge in [-0.2, -0.15) is 4.31 Å². The summed E-state index contributed by atoms with van der Waals surface area (Å²) in [6.07, 6.45) is 0.711. The van der Waals surface area contributed by atoms with Crippen molar-refractivity contribution in [2.75, 3.05) is 6.54 Å². The van der Waals surface area contributed by atoms with E-state index in [1.807, 2.05) is 13.8 Å². The fraction of sp³-hybridized carbons (Fsp3) is 0.316. The number of carbonyl (C=O) groups excluding carboxylic acids is 1. The summed E-state index contributed by atoms with van der Waals surface area (Å²) >= 11 is 5.83. The molecule has 0 unspecified atom stereocenters. The maximum Gasteiger partial charge on any atom is 0.243 e. The number of hydrogen-bond acceptors (Lipinski definition) is 3. The summed E-state index contributed by atoms with van der Waals surface area (Å²) in [6, 6.07) is 11.4. The molecule has 0 fully saturated rings. The van der Waals surface area contributed by atoms with Crippen LogP contribution in [0.5, 0.6) is 0 Å². The van der Waals surface area contributed by atoms with E-state index in [1.54, 1.807) is 6.07 Å². The summed E-state index contributed by atoms with van der Waals surface area (Å²) in [4.78, 5) is 12.3. The van der Waals surface area contributed by atoms with E-state index >= 15 is 0 Å². The van der Waals surface area contributed by atoms with Crippen LogP contribution in [0, 0.1) is 5.82 Å². The van der Waals surface area contributed by atoms with E-state index in [2.05, 4.69) is 5.32 Å². The van der Waals surface area contributed by atoms with E-state index in [1.165, 1.54) is 42.5 Å². The normalized spacial score (nSPS) is 12.8. The van der Waals surface area contributed by atoms with Crippen LogP contribution in [-0.2, 0) is 21.4 Å². The molecule has 27 heavy (non-hydrogen) atoms. The number of nitrogens with zero attached hydrogens (tertiary/aromatic N) is 1.